The van der Waals surface area contributed by atoms with E-state index in [4.69, 9.17) is 0 Å². The molecule has 1 unspecified atom stereocenters. The molecule has 28 heavy (non-hydrogen) atoms. The summed E-state index contributed by atoms with van der Waals surface area (Å²) in [4.78, 5) is 25.4. The molecule has 1 aliphatic heterocycles. The predicted octanol–water partition coefficient (Wildman–Crippen LogP) is 2.26. The highest BCUT2D eigenvalue weighted by molar-refractivity contribution is 8.01. The number of aromatic nitrogens is 3. The number of nitrogens with one attached hydrogen (secondary N) is 2. The Morgan fingerprint density at radius 2 is 2.25 bits per heavy atom. The van der Waals surface area contributed by atoms with E-state index < -0.39 is 0 Å². The van der Waals surface area contributed by atoms with Crippen molar-refractivity contribution >= 4 is 41.4 Å². The number of aryl methyl sites for hydroxylation is 2. The van der Waals surface area contributed by atoms with Crippen molar-refractivity contribution in [2.75, 3.05) is 25.4 Å². The standard InChI is InChI=1S/C18H25N5O2S2.ClH/c1-12-5-8-23(11-14-4-3-6-19-10-14)17(25)15(12)16(24)20-7-9-26-18-22-21-13(2)27-18;/h5,8,14,19H,3-4,6-7,9-11H2,1-2H3,(H,20,24);1H. The largest absolute Gasteiger partial charge is 0.351 e. The fraction of sp³-hybridized carbons (Fsp3) is 0.556. The van der Waals surface area contributed by atoms with Gasteiger partial charge in [-0.15, -0.1) is 22.6 Å². The highest BCUT2D eigenvalue weighted by Crippen LogP contribution is 2.21. The van der Waals surface area contributed by atoms with Crippen molar-refractivity contribution in [2.24, 2.45) is 5.92 Å². The third-order valence-electron chi connectivity index (χ3n) is 4.58. The molecule has 154 valence electrons. The predicted molar refractivity (Wildman–Crippen MR) is 116 cm³/mol. The van der Waals surface area contributed by atoms with Gasteiger partial charge >= 0.3 is 0 Å². The third-order valence-corrected chi connectivity index (χ3v) is 6.55. The minimum atomic E-state index is -0.303. The van der Waals surface area contributed by atoms with Gasteiger partial charge in [-0.05, 0) is 57.3 Å². The topological polar surface area (TPSA) is 88.9 Å². The molecule has 0 bridgehead atoms. The zero-order valence-electron chi connectivity index (χ0n) is 16.1. The van der Waals surface area contributed by atoms with Crippen LogP contribution >= 0.6 is 35.5 Å². The van der Waals surface area contributed by atoms with Crippen LogP contribution in [0.1, 0.15) is 33.8 Å². The first kappa shape index (κ1) is 22.9. The Kier molecular flexibility index (Phi) is 8.94. The van der Waals surface area contributed by atoms with Gasteiger partial charge in [0.25, 0.3) is 11.5 Å². The normalized spacial score (nSPS) is 16.4. The lowest BCUT2D eigenvalue weighted by atomic mass is 9.99. The van der Waals surface area contributed by atoms with Crippen LogP contribution in [-0.4, -0.2) is 46.1 Å². The summed E-state index contributed by atoms with van der Waals surface area (Å²) in [5.41, 5.74) is 0.756. The lowest BCUT2D eigenvalue weighted by molar-refractivity contribution is 0.0953. The van der Waals surface area contributed by atoms with Crippen LogP contribution < -0.4 is 16.2 Å². The molecular weight excluding hydrogens is 418 g/mol. The van der Waals surface area contributed by atoms with E-state index in [-0.39, 0.29) is 29.4 Å². The van der Waals surface area contributed by atoms with Gasteiger partial charge in [0.05, 0.1) is 0 Å². The van der Waals surface area contributed by atoms with Crippen LogP contribution in [0.25, 0.3) is 0 Å². The van der Waals surface area contributed by atoms with Crippen LogP contribution in [0.4, 0.5) is 0 Å². The quantitative estimate of drug-likeness (QED) is 0.504. The molecule has 2 N–H and O–H groups in total. The summed E-state index contributed by atoms with van der Waals surface area (Å²) < 4.78 is 2.57. The van der Waals surface area contributed by atoms with E-state index in [9.17, 15) is 9.59 Å². The van der Waals surface area contributed by atoms with Gasteiger partial charge < -0.3 is 15.2 Å². The van der Waals surface area contributed by atoms with Crippen LogP contribution in [0.15, 0.2) is 21.4 Å². The van der Waals surface area contributed by atoms with Crippen LogP contribution in [-0.2, 0) is 6.54 Å². The van der Waals surface area contributed by atoms with Crippen LogP contribution in [0.3, 0.4) is 0 Å². The summed E-state index contributed by atoms with van der Waals surface area (Å²) >= 11 is 3.09. The first-order chi connectivity index (χ1) is 13.0. The molecule has 2 aromatic heterocycles. The Balaban J connectivity index is 0.00000280. The van der Waals surface area contributed by atoms with Gasteiger partial charge in [0.2, 0.25) is 0 Å². The van der Waals surface area contributed by atoms with Crippen molar-refractivity contribution in [1.29, 1.82) is 0 Å². The number of pyridine rings is 1. The van der Waals surface area contributed by atoms with Crippen LogP contribution in [0.5, 0.6) is 0 Å². The summed E-state index contributed by atoms with van der Waals surface area (Å²) in [5.74, 6) is 0.818. The first-order valence-corrected chi connectivity index (χ1v) is 11.0. The molecule has 1 atom stereocenters. The minimum absolute atomic E-state index is 0. The van der Waals surface area contributed by atoms with E-state index >= 15 is 0 Å². The molecule has 3 heterocycles. The zero-order chi connectivity index (χ0) is 19.2. The Morgan fingerprint density at radius 1 is 1.43 bits per heavy atom. The SMILES string of the molecule is Cc1nnc(SCCNC(=O)c2c(C)ccn(CC3CCCNC3)c2=O)s1.Cl. The van der Waals surface area contributed by atoms with Crippen molar-refractivity contribution in [3.63, 3.8) is 0 Å². The second-order valence-corrected chi connectivity index (χ2v) is 9.26. The van der Waals surface area contributed by atoms with Crippen LogP contribution in [0.2, 0.25) is 0 Å². The molecule has 2 aromatic rings. The molecule has 1 aliphatic rings. The zero-order valence-corrected chi connectivity index (χ0v) is 18.5. The maximum absolute atomic E-state index is 12.8. The Labute approximate surface area is 179 Å². The van der Waals surface area contributed by atoms with Crippen molar-refractivity contribution < 1.29 is 4.79 Å². The minimum Gasteiger partial charge on any atom is -0.351 e. The fourth-order valence-corrected chi connectivity index (χ4v) is 4.91. The van der Waals surface area contributed by atoms with E-state index in [0.29, 0.717) is 30.3 Å². The summed E-state index contributed by atoms with van der Waals surface area (Å²) in [6.45, 7) is 6.81. The second kappa shape index (κ2) is 10.9. The molecule has 0 radical (unpaired) electrons. The van der Waals surface area contributed by atoms with Gasteiger partial charge in [0.1, 0.15) is 10.6 Å². The van der Waals surface area contributed by atoms with Crippen molar-refractivity contribution in [2.45, 2.75) is 37.6 Å². The molecular formula is C18H26ClN5O2S2. The first-order valence-electron chi connectivity index (χ1n) is 9.16. The van der Waals surface area contributed by atoms with Gasteiger partial charge in [-0.2, -0.15) is 0 Å². The van der Waals surface area contributed by atoms with E-state index in [1.807, 2.05) is 19.9 Å². The maximum Gasteiger partial charge on any atom is 0.263 e. The molecule has 1 amide bonds. The van der Waals surface area contributed by atoms with Gasteiger partial charge in [0.15, 0.2) is 4.34 Å². The summed E-state index contributed by atoms with van der Waals surface area (Å²) in [7, 11) is 0. The highest BCUT2D eigenvalue weighted by atomic mass is 35.5. The molecule has 0 aliphatic carbocycles. The average molecular weight is 444 g/mol. The summed E-state index contributed by atoms with van der Waals surface area (Å²) in [5, 5.41) is 15.2. The fourth-order valence-electron chi connectivity index (χ4n) is 3.17. The number of nitrogens with zero attached hydrogens (tertiary/aromatic N) is 3. The number of hydrogen-bond acceptors (Lipinski definition) is 7. The monoisotopic (exact) mass is 443 g/mol. The molecule has 7 nitrogen and oxygen atoms in total. The molecule has 1 saturated heterocycles. The molecule has 1 fully saturated rings. The van der Waals surface area contributed by atoms with Crippen LogP contribution in [0, 0.1) is 19.8 Å². The van der Waals surface area contributed by atoms with Gasteiger partial charge in [-0.1, -0.05) is 23.1 Å². The number of piperidine rings is 1. The maximum atomic E-state index is 12.8. The second-order valence-electron chi connectivity index (χ2n) is 6.73. The number of thioether (sulfide) groups is 1. The Bertz CT molecular complexity index is 849. The van der Waals surface area contributed by atoms with Crippen molar-refractivity contribution in [3.8, 4) is 0 Å². The molecule has 3 rings (SSSR count). The van der Waals surface area contributed by atoms with E-state index in [1.54, 1.807) is 22.5 Å². The Hall–Kier alpha value is -1.42. The average Bonchev–Trinajstić information content (AvgIpc) is 3.07. The van der Waals surface area contributed by atoms with Crippen molar-refractivity contribution in [3.05, 3.63) is 38.8 Å². The molecule has 10 heteroatoms. The van der Waals surface area contributed by atoms with E-state index in [2.05, 4.69) is 20.8 Å². The summed E-state index contributed by atoms with van der Waals surface area (Å²) in [6, 6.07) is 1.85. The molecule has 0 spiro atoms. The lowest BCUT2D eigenvalue weighted by Crippen LogP contribution is -2.38. The number of hydrogen-bond donors (Lipinski definition) is 2. The van der Waals surface area contributed by atoms with Gasteiger partial charge in [0, 0.05) is 25.0 Å². The van der Waals surface area contributed by atoms with Crippen molar-refractivity contribution in [1.82, 2.24) is 25.4 Å². The van der Waals surface area contributed by atoms with E-state index in [1.165, 1.54) is 11.3 Å². The molecule has 0 saturated carbocycles. The lowest BCUT2D eigenvalue weighted by Gasteiger charge is -2.23. The number of halogens is 1. The number of amides is 1. The van der Waals surface area contributed by atoms with Gasteiger partial charge in [-0.25, -0.2) is 0 Å². The van der Waals surface area contributed by atoms with E-state index in [0.717, 1.165) is 35.3 Å². The smallest absolute Gasteiger partial charge is 0.263 e. The van der Waals surface area contributed by atoms with Gasteiger partial charge in [-0.3, -0.25) is 9.59 Å². The third kappa shape index (κ3) is 6.04. The highest BCUT2D eigenvalue weighted by Gasteiger charge is 2.19. The number of carbonyl (C=O) groups is 1. The number of rotatable bonds is 7. The molecule has 0 aromatic carbocycles. The number of carbonyl (C=O) groups excluding carboxylic acids is 1. The Morgan fingerprint density at radius 3 is 2.93 bits per heavy atom. The summed E-state index contributed by atoms with van der Waals surface area (Å²) in [6.07, 6.45) is 4.04.